The first-order valence-corrected chi connectivity index (χ1v) is 9.21. The second kappa shape index (κ2) is 5.85. The molecule has 1 aromatic rings. The van der Waals surface area contributed by atoms with Gasteiger partial charge < -0.3 is 9.47 Å². The van der Waals surface area contributed by atoms with Crippen LogP contribution in [0.15, 0.2) is 12.1 Å². The molecule has 4 nitrogen and oxygen atoms in total. The minimum absolute atomic E-state index is 0.335. The highest BCUT2D eigenvalue weighted by Crippen LogP contribution is 2.38. The number of carbonyl (C=O) groups is 1. The second-order valence-corrected chi connectivity index (χ2v) is 8.09. The highest BCUT2D eigenvalue weighted by Gasteiger charge is 2.44. The van der Waals surface area contributed by atoms with E-state index in [0.717, 1.165) is 38.4 Å². The summed E-state index contributed by atoms with van der Waals surface area (Å²) in [5.74, 6) is 0.818. The van der Waals surface area contributed by atoms with Crippen molar-refractivity contribution < 1.29 is 14.3 Å². The van der Waals surface area contributed by atoms with Gasteiger partial charge in [-0.25, -0.2) is 4.79 Å². The van der Waals surface area contributed by atoms with E-state index in [-0.39, 0.29) is 5.60 Å². The van der Waals surface area contributed by atoms with Gasteiger partial charge in [0.25, 0.3) is 0 Å². The van der Waals surface area contributed by atoms with Crippen molar-refractivity contribution in [2.45, 2.75) is 56.6 Å². The van der Waals surface area contributed by atoms with Crippen LogP contribution in [0.2, 0.25) is 0 Å². The van der Waals surface area contributed by atoms with Crippen molar-refractivity contribution in [3.63, 3.8) is 0 Å². The lowest BCUT2D eigenvalue weighted by molar-refractivity contribution is -0.00140. The number of rotatable bonds is 3. The molecule has 0 bridgehead atoms. The van der Waals surface area contributed by atoms with Gasteiger partial charge >= 0.3 is 6.16 Å². The molecule has 0 radical (unpaired) electrons. The normalized spacial score (nSPS) is 25.5. The summed E-state index contributed by atoms with van der Waals surface area (Å²) in [6.07, 6.45) is 6.82. The molecule has 120 valence electrons. The van der Waals surface area contributed by atoms with Crippen LogP contribution in [0.25, 0.3) is 0 Å². The highest BCUT2D eigenvalue weighted by atomic mass is 32.1. The van der Waals surface area contributed by atoms with Gasteiger partial charge in [0.2, 0.25) is 0 Å². The minimum Gasteiger partial charge on any atom is -0.430 e. The molecule has 0 amide bonds. The maximum absolute atomic E-state index is 11.2. The van der Waals surface area contributed by atoms with Crippen molar-refractivity contribution in [2.24, 2.45) is 0 Å². The summed E-state index contributed by atoms with van der Waals surface area (Å²) in [6.45, 7) is 3.42. The van der Waals surface area contributed by atoms with Crippen LogP contribution < -0.4 is 0 Å². The van der Waals surface area contributed by atoms with E-state index in [0.29, 0.717) is 6.61 Å². The van der Waals surface area contributed by atoms with E-state index < -0.39 is 6.16 Å². The summed E-state index contributed by atoms with van der Waals surface area (Å²) in [5, 5.41) is 0. The summed E-state index contributed by atoms with van der Waals surface area (Å²) >= 11 is 2.00. The van der Waals surface area contributed by atoms with Crippen molar-refractivity contribution in [1.29, 1.82) is 0 Å². The van der Waals surface area contributed by atoms with Crippen molar-refractivity contribution in [3.05, 3.63) is 21.9 Å². The van der Waals surface area contributed by atoms with Crippen molar-refractivity contribution in [3.8, 4) is 0 Å². The standard InChI is InChI=1S/C17H23NO3S/c19-16-20-12-17(21-16)7-9-18(10-8-17)11-14-5-6-15(22-14)13-3-1-2-4-13/h5-6,13H,1-4,7-12H2. The third-order valence-corrected chi connectivity index (χ3v) is 6.57. The van der Waals surface area contributed by atoms with Crippen LogP contribution in [-0.2, 0) is 16.0 Å². The molecule has 3 heterocycles. The van der Waals surface area contributed by atoms with E-state index in [1.807, 2.05) is 11.3 Å². The summed E-state index contributed by atoms with van der Waals surface area (Å²) in [4.78, 5) is 16.7. The molecule has 2 aliphatic heterocycles. The Morgan fingerprint density at radius 2 is 2.00 bits per heavy atom. The van der Waals surface area contributed by atoms with Crippen LogP contribution in [0.4, 0.5) is 4.79 Å². The van der Waals surface area contributed by atoms with Crippen molar-refractivity contribution >= 4 is 17.5 Å². The van der Waals surface area contributed by atoms with Crippen LogP contribution in [0, 0.1) is 0 Å². The maximum Gasteiger partial charge on any atom is 0.509 e. The quantitative estimate of drug-likeness (QED) is 0.791. The van der Waals surface area contributed by atoms with Gasteiger partial charge in [-0.3, -0.25) is 4.90 Å². The third kappa shape index (κ3) is 2.88. The fourth-order valence-electron chi connectivity index (χ4n) is 3.92. The van der Waals surface area contributed by atoms with Crippen LogP contribution in [0.5, 0.6) is 0 Å². The van der Waals surface area contributed by atoms with Crippen LogP contribution in [0.1, 0.15) is 54.2 Å². The summed E-state index contributed by atoms with van der Waals surface area (Å²) < 4.78 is 10.4. The van der Waals surface area contributed by atoms with Crippen LogP contribution in [-0.4, -0.2) is 36.4 Å². The number of carbonyl (C=O) groups excluding carboxylic acids is 1. The first kappa shape index (κ1) is 14.5. The largest absolute Gasteiger partial charge is 0.509 e. The molecule has 1 spiro atoms. The zero-order valence-electron chi connectivity index (χ0n) is 12.9. The lowest BCUT2D eigenvalue weighted by atomic mass is 9.92. The number of piperidine rings is 1. The molecule has 4 rings (SSSR count). The number of nitrogens with zero attached hydrogens (tertiary/aromatic N) is 1. The van der Waals surface area contributed by atoms with E-state index in [9.17, 15) is 4.79 Å². The molecular weight excluding hydrogens is 298 g/mol. The monoisotopic (exact) mass is 321 g/mol. The molecule has 1 aliphatic carbocycles. The average Bonchev–Trinajstić information content (AvgIpc) is 3.24. The first-order chi connectivity index (χ1) is 10.7. The lowest BCUT2D eigenvalue weighted by Crippen LogP contribution is -2.45. The number of likely N-dealkylation sites (tertiary alicyclic amines) is 1. The Balaban J connectivity index is 1.32. The number of ether oxygens (including phenoxy) is 2. The molecule has 0 N–H and O–H groups in total. The molecule has 1 aromatic heterocycles. The van der Waals surface area contributed by atoms with Crippen LogP contribution in [0.3, 0.4) is 0 Å². The predicted octanol–water partition coefficient (Wildman–Crippen LogP) is 3.91. The van der Waals surface area contributed by atoms with Gasteiger partial charge in [0.1, 0.15) is 6.61 Å². The number of thiophene rings is 1. The Morgan fingerprint density at radius 3 is 2.68 bits per heavy atom. The maximum atomic E-state index is 11.2. The first-order valence-electron chi connectivity index (χ1n) is 8.39. The van der Waals surface area contributed by atoms with Gasteiger partial charge in [0.15, 0.2) is 5.60 Å². The van der Waals surface area contributed by atoms with Crippen molar-refractivity contribution in [2.75, 3.05) is 19.7 Å². The van der Waals surface area contributed by atoms with E-state index in [1.165, 1.54) is 30.6 Å². The third-order valence-electron chi connectivity index (χ3n) is 5.34. The molecular formula is C17H23NO3S. The number of hydrogen-bond acceptors (Lipinski definition) is 5. The lowest BCUT2D eigenvalue weighted by Gasteiger charge is -2.36. The molecule has 0 unspecified atom stereocenters. The smallest absolute Gasteiger partial charge is 0.430 e. The molecule has 22 heavy (non-hydrogen) atoms. The number of hydrogen-bond donors (Lipinski definition) is 0. The van der Waals surface area contributed by atoms with Gasteiger partial charge in [0.05, 0.1) is 0 Å². The molecule has 5 heteroatoms. The molecule has 2 saturated heterocycles. The molecule has 3 fully saturated rings. The zero-order valence-corrected chi connectivity index (χ0v) is 13.7. The molecule has 3 aliphatic rings. The van der Waals surface area contributed by atoms with Crippen LogP contribution >= 0.6 is 11.3 Å². The highest BCUT2D eigenvalue weighted by molar-refractivity contribution is 7.12. The van der Waals surface area contributed by atoms with E-state index >= 15 is 0 Å². The summed E-state index contributed by atoms with van der Waals surface area (Å²) in [6, 6.07) is 4.65. The Hall–Kier alpha value is -1.07. The fourth-order valence-corrected chi connectivity index (χ4v) is 5.15. The summed E-state index contributed by atoms with van der Waals surface area (Å²) in [5.41, 5.74) is -0.335. The van der Waals surface area contributed by atoms with Gasteiger partial charge in [-0.1, -0.05) is 12.8 Å². The minimum atomic E-state index is -0.493. The SMILES string of the molecule is O=C1OCC2(CCN(Cc3ccc(C4CCCC4)s3)CC2)O1. The average molecular weight is 321 g/mol. The van der Waals surface area contributed by atoms with Gasteiger partial charge in [-0.15, -0.1) is 11.3 Å². The van der Waals surface area contributed by atoms with Gasteiger partial charge in [0, 0.05) is 42.2 Å². The predicted molar refractivity (Wildman–Crippen MR) is 85.2 cm³/mol. The Morgan fingerprint density at radius 1 is 1.23 bits per heavy atom. The summed E-state index contributed by atoms with van der Waals surface area (Å²) in [7, 11) is 0. The zero-order chi connectivity index (χ0) is 15.0. The Labute approximate surface area is 135 Å². The topological polar surface area (TPSA) is 38.8 Å². The molecule has 1 saturated carbocycles. The van der Waals surface area contributed by atoms with Gasteiger partial charge in [-0.2, -0.15) is 0 Å². The Kier molecular flexibility index (Phi) is 3.86. The number of cyclic esters (lactones) is 1. The van der Waals surface area contributed by atoms with E-state index in [2.05, 4.69) is 17.0 Å². The van der Waals surface area contributed by atoms with E-state index in [4.69, 9.17) is 9.47 Å². The second-order valence-electron chi connectivity index (χ2n) is 6.89. The fraction of sp³-hybridized carbons (Fsp3) is 0.706. The Bertz CT molecular complexity index is 542. The van der Waals surface area contributed by atoms with Crippen molar-refractivity contribution in [1.82, 2.24) is 4.90 Å². The van der Waals surface area contributed by atoms with E-state index in [1.54, 1.807) is 4.88 Å². The molecule has 0 aromatic carbocycles. The van der Waals surface area contributed by atoms with Gasteiger partial charge in [-0.05, 0) is 30.9 Å². The molecule has 0 atom stereocenters.